The van der Waals surface area contributed by atoms with Crippen LogP contribution in [0.5, 0.6) is 0 Å². The Bertz CT molecular complexity index is 257. The third-order valence-electron chi connectivity index (χ3n) is 1.24. The normalized spacial score (nSPS) is 10.8. The minimum Gasteiger partial charge on any atom is -0.748 e. The predicted octanol–water partition coefficient (Wildman–Crippen LogP) is 0.785. The van der Waals surface area contributed by atoms with Gasteiger partial charge >= 0.3 is 0 Å². The van der Waals surface area contributed by atoms with Gasteiger partial charge in [0.15, 0.2) is 11.5 Å². The lowest BCUT2D eigenvalue weighted by molar-refractivity contribution is -0.114. The lowest BCUT2D eigenvalue weighted by atomic mass is 10.4. The Hall–Kier alpha value is -0.0700. The summed E-state index contributed by atoms with van der Waals surface area (Å²) in [6.45, 7) is 3.47. The minimum absolute atomic E-state index is 0.219. The third-order valence-corrected chi connectivity index (χ3v) is 3.01. The van der Waals surface area contributed by atoms with Crippen molar-refractivity contribution < 1.29 is 17.8 Å². The van der Waals surface area contributed by atoms with Crippen LogP contribution >= 0.6 is 0 Å². The lowest BCUT2D eigenvalue weighted by Crippen LogP contribution is -2.09. The van der Waals surface area contributed by atoms with Gasteiger partial charge in [0.1, 0.15) is 0 Å². The zero-order valence-corrected chi connectivity index (χ0v) is 11.4. The summed E-state index contributed by atoms with van der Waals surface area (Å²) < 4.78 is 29.5. The maximum Gasteiger partial charge on any atom is 0.178 e. The van der Waals surface area contributed by atoms with E-state index in [2.05, 4.69) is 12.5 Å². The summed E-state index contributed by atoms with van der Waals surface area (Å²) in [7, 11) is -3.63. The first-order valence-corrected chi connectivity index (χ1v) is 8.45. The number of unbranched alkanes of at least 4 members (excludes halogenated alkanes) is 1. The lowest BCUT2D eigenvalue weighted by Gasteiger charge is -2.02. The molecule has 4 nitrogen and oxygen atoms in total. The van der Waals surface area contributed by atoms with E-state index in [0.29, 0.717) is 23.1 Å². The summed E-state index contributed by atoms with van der Waals surface area (Å²) in [6.07, 6.45) is 5.37. The fourth-order valence-corrected chi connectivity index (χ4v) is 2.18. The van der Waals surface area contributed by atoms with Crippen molar-refractivity contribution in [3.63, 3.8) is 0 Å². The Morgan fingerprint density at radius 3 is 1.87 bits per heavy atom. The number of carbonyl (C=O) groups excluding carboxylic acids is 1. The molecule has 0 amide bonds. The molecule has 0 bridgehead atoms. The summed E-state index contributed by atoms with van der Waals surface area (Å²) in [5.74, 6) is 0.831. The molecular weight excluding hydrogens is 236 g/mol. The number of Topliss-reactive ketones (excluding diaryl/α,β-unsaturated/α-hetero) is 1. The van der Waals surface area contributed by atoms with Crippen molar-refractivity contribution in [2.24, 2.45) is 0 Å². The first-order chi connectivity index (χ1) is 6.69. The molecule has 0 saturated carbocycles. The maximum atomic E-state index is 10.3. The summed E-state index contributed by atoms with van der Waals surface area (Å²) in [5, 5.41) is 0. The van der Waals surface area contributed by atoms with Crippen molar-refractivity contribution >= 4 is 26.8 Å². The Morgan fingerprint density at radius 1 is 1.33 bits per heavy atom. The second-order valence-electron chi connectivity index (χ2n) is 3.45. The van der Waals surface area contributed by atoms with Gasteiger partial charge in [-0.1, -0.05) is 13.3 Å². The molecule has 0 radical (unpaired) electrons. The van der Waals surface area contributed by atoms with E-state index in [4.69, 9.17) is 0 Å². The SMILES string of the molecule is CC(=O)C[S+](C)C.CCCCS(=O)(=O)[O-]. The highest BCUT2D eigenvalue weighted by atomic mass is 32.2. The quantitative estimate of drug-likeness (QED) is 0.538. The fraction of sp³-hybridized carbons (Fsp3) is 0.889. The van der Waals surface area contributed by atoms with Gasteiger partial charge in [-0.05, 0) is 24.2 Å². The van der Waals surface area contributed by atoms with Gasteiger partial charge in [0.05, 0.1) is 22.6 Å². The summed E-state index contributed by atoms with van der Waals surface area (Å²) in [4.78, 5) is 10.3. The third kappa shape index (κ3) is 24.9. The van der Waals surface area contributed by atoms with Gasteiger partial charge in [-0.2, -0.15) is 0 Å². The second-order valence-corrected chi connectivity index (χ2v) is 7.23. The number of ketones is 1. The van der Waals surface area contributed by atoms with Gasteiger partial charge in [0.2, 0.25) is 0 Å². The molecule has 0 aromatic carbocycles. The number of carbonyl (C=O) groups is 1. The average Bonchev–Trinajstić information content (AvgIpc) is 1.97. The first kappa shape index (κ1) is 17.3. The highest BCUT2D eigenvalue weighted by molar-refractivity contribution is 7.96. The van der Waals surface area contributed by atoms with Crippen molar-refractivity contribution in [1.82, 2.24) is 0 Å². The van der Waals surface area contributed by atoms with E-state index >= 15 is 0 Å². The van der Waals surface area contributed by atoms with Gasteiger partial charge in [0, 0.05) is 5.75 Å². The van der Waals surface area contributed by atoms with Crippen molar-refractivity contribution in [2.45, 2.75) is 26.7 Å². The molecular formula is C9H20O4S2. The van der Waals surface area contributed by atoms with Gasteiger partial charge < -0.3 is 4.55 Å². The van der Waals surface area contributed by atoms with Crippen LogP contribution in [0.1, 0.15) is 26.7 Å². The summed E-state index contributed by atoms with van der Waals surface area (Å²) in [5.41, 5.74) is 0. The Labute approximate surface area is 95.5 Å². The first-order valence-electron chi connectivity index (χ1n) is 4.66. The van der Waals surface area contributed by atoms with E-state index in [1.165, 1.54) is 0 Å². The zero-order valence-electron chi connectivity index (χ0n) is 9.78. The van der Waals surface area contributed by atoms with Crippen molar-refractivity contribution in [1.29, 1.82) is 0 Å². The van der Waals surface area contributed by atoms with Gasteiger partial charge in [-0.15, -0.1) is 0 Å². The molecule has 0 heterocycles. The van der Waals surface area contributed by atoms with Gasteiger partial charge in [-0.25, -0.2) is 8.42 Å². The standard InChI is InChI=1S/C5H11OS.C4H10O3S/c1-5(6)4-7(2)3;1-2-3-4-8(5,6)7/h4H2,1-3H3;2-4H2,1H3,(H,5,6,7)/q+1;/p-1. The smallest absolute Gasteiger partial charge is 0.178 e. The van der Waals surface area contributed by atoms with E-state index in [-0.39, 0.29) is 5.75 Å². The Kier molecular flexibility index (Phi) is 10.6. The van der Waals surface area contributed by atoms with Crippen molar-refractivity contribution in [3.05, 3.63) is 0 Å². The summed E-state index contributed by atoms with van der Waals surface area (Å²) >= 11 is 0. The second kappa shape index (κ2) is 9.18. The molecule has 0 aliphatic rings. The van der Waals surface area contributed by atoms with E-state index in [9.17, 15) is 17.8 Å². The molecule has 0 aromatic rings. The molecule has 6 heteroatoms. The Morgan fingerprint density at radius 2 is 1.80 bits per heavy atom. The van der Waals surface area contributed by atoms with E-state index < -0.39 is 10.1 Å². The van der Waals surface area contributed by atoms with E-state index in [1.807, 2.05) is 6.92 Å². The molecule has 0 aromatic heterocycles. The summed E-state index contributed by atoms with van der Waals surface area (Å²) in [6, 6.07) is 0. The number of hydrogen-bond donors (Lipinski definition) is 0. The van der Waals surface area contributed by atoms with Crippen LogP contribution in [0.25, 0.3) is 0 Å². The van der Waals surface area contributed by atoms with Crippen LogP contribution < -0.4 is 0 Å². The molecule has 0 rings (SSSR count). The minimum atomic E-state index is -3.94. The molecule has 0 aliphatic heterocycles. The van der Waals surface area contributed by atoms with Crippen molar-refractivity contribution in [2.75, 3.05) is 24.0 Å². The van der Waals surface area contributed by atoms with Crippen LogP contribution in [-0.4, -0.2) is 42.8 Å². The van der Waals surface area contributed by atoms with Crippen molar-refractivity contribution in [3.8, 4) is 0 Å². The monoisotopic (exact) mass is 256 g/mol. The topological polar surface area (TPSA) is 74.3 Å². The highest BCUT2D eigenvalue weighted by Crippen LogP contribution is 1.90. The van der Waals surface area contributed by atoms with Crippen LogP contribution in [0.15, 0.2) is 0 Å². The predicted molar refractivity (Wildman–Crippen MR) is 64.2 cm³/mol. The number of rotatable bonds is 5. The number of hydrogen-bond acceptors (Lipinski definition) is 4. The maximum absolute atomic E-state index is 10.3. The van der Waals surface area contributed by atoms with Gasteiger partial charge in [0.25, 0.3) is 0 Å². The average molecular weight is 256 g/mol. The molecule has 0 spiro atoms. The highest BCUT2D eigenvalue weighted by Gasteiger charge is 2.03. The van der Waals surface area contributed by atoms with Crippen LogP contribution in [0.3, 0.4) is 0 Å². The fourth-order valence-electron chi connectivity index (χ4n) is 0.728. The molecule has 0 unspecified atom stereocenters. The molecule has 0 saturated heterocycles. The van der Waals surface area contributed by atoms with Crippen LogP contribution in [0.4, 0.5) is 0 Å². The molecule has 0 fully saturated rings. The van der Waals surface area contributed by atoms with Crippen LogP contribution in [0.2, 0.25) is 0 Å². The molecule has 0 aliphatic carbocycles. The molecule has 0 N–H and O–H groups in total. The van der Waals surface area contributed by atoms with Gasteiger partial charge in [-0.3, -0.25) is 4.79 Å². The Balaban J connectivity index is 0. The van der Waals surface area contributed by atoms with E-state index in [0.717, 1.165) is 12.2 Å². The molecule has 0 atom stereocenters. The zero-order chi connectivity index (χ0) is 12.5. The molecule has 92 valence electrons. The van der Waals surface area contributed by atoms with E-state index in [1.54, 1.807) is 6.92 Å². The molecule has 15 heavy (non-hydrogen) atoms. The largest absolute Gasteiger partial charge is 0.748 e. The van der Waals surface area contributed by atoms with Crippen LogP contribution in [-0.2, 0) is 25.8 Å². The van der Waals surface area contributed by atoms with Crippen LogP contribution in [0, 0.1) is 0 Å².